The molecule has 8 heteroatoms. The monoisotopic (exact) mass is 336 g/mol. The minimum Gasteiger partial charge on any atom is -0.482 e. The average molecular weight is 336 g/mol. The second kappa shape index (κ2) is 8.30. The summed E-state index contributed by atoms with van der Waals surface area (Å²) < 4.78 is 9.91. The molecule has 1 fully saturated rings. The molecule has 1 aliphatic heterocycles. The second-order valence-electron chi connectivity index (χ2n) is 5.32. The number of nitrogens with zero attached hydrogens (tertiary/aromatic N) is 2. The second-order valence-corrected chi connectivity index (χ2v) is 5.32. The van der Waals surface area contributed by atoms with E-state index in [1.165, 1.54) is 13.2 Å². The predicted octanol–water partition coefficient (Wildman–Crippen LogP) is 0.0808. The Hall–Kier alpha value is -2.61. The molecule has 8 nitrogen and oxygen atoms in total. The van der Waals surface area contributed by atoms with Gasteiger partial charge in [0.05, 0.1) is 0 Å². The van der Waals surface area contributed by atoms with Crippen LogP contribution in [0.15, 0.2) is 24.3 Å². The molecule has 1 aliphatic rings. The fourth-order valence-electron chi connectivity index (χ4n) is 2.42. The molecule has 0 saturated carbocycles. The average Bonchev–Trinajstić information content (AvgIpc) is 2.60. The summed E-state index contributed by atoms with van der Waals surface area (Å²) in [4.78, 5) is 38.1. The van der Waals surface area contributed by atoms with Crippen molar-refractivity contribution in [3.8, 4) is 5.75 Å². The number of ether oxygens (including phenoxy) is 2. The Morgan fingerprint density at radius 2 is 1.75 bits per heavy atom. The van der Waals surface area contributed by atoms with Gasteiger partial charge in [0.15, 0.2) is 6.61 Å². The first-order valence-electron chi connectivity index (χ1n) is 7.52. The van der Waals surface area contributed by atoms with Gasteiger partial charge in [0.2, 0.25) is 5.91 Å². The SMILES string of the molecule is COCC(=O)N1CCN(C(=O)c2cccc(OCC(=O)O)c2)CC1. The van der Waals surface area contributed by atoms with Crippen molar-refractivity contribution in [1.29, 1.82) is 0 Å². The molecule has 130 valence electrons. The lowest BCUT2D eigenvalue weighted by Crippen LogP contribution is -2.51. The van der Waals surface area contributed by atoms with Crippen LogP contribution in [-0.2, 0) is 14.3 Å². The zero-order chi connectivity index (χ0) is 17.5. The number of hydrogen-bond donors (Lipinski definition) is 1. The molecule has 0 aliphatic carbocycles. The smallest absolute Gasteiger partial charge is 0.341 e. The molecule has 0 bridgehead atoms. The molecule has 0 spiro atoms. The van der Waals surface area contributed by atoms with E-state index in [9.17, 15) is 14.4 Å². The topological polar surface area (TPSA) is 96.4 Å². The van der Waals surface area contributed by atoms with E-state index in [0.29, 0.717) is 37.5 Å². The van der Waals surface area contributed by atoms with Gasteiger partial charge < -0.3 is 24.4 Å². The van der Waals surface area contributed by atoms with Gasteiger partial charge in [-0.1, -0.05) is 6.07 Å². The molecule has 0 atom stereocenters. The van der Waals surface area contributed by atoms with E-state index in [-0.39, 0.29) is 18.4 Å². The van der Waals surface area contributed by atoms with Crippen molar-refractivity contribution in [2.45, 2.75) is 0 Å². The van der Waals surface area contributed by atoms with Gasteiger partial charge in [-0.15, -0.1) is 0 Å². The summed E-state index contributed by atoms with van der Waals surface area (Å²) in [6.07, 6.45) is 0. The van der Waals surface area contributed by atoms with Crippen LogP contribution >= 0.6 is 0 Å². The van der Waals surface area contributed by atoms with Gasteiger partial charge in [0.1, 0.15) is 12.4 Å². The van der Waals surface area contributed by atoms with Crippen molar-refractivity contribution in [2.75, 3.05) is 46.5 Å². The standard InChI is InChI=1S/C16H20N2O6/c1-23-10-14(19)17-5-7-18(8-6-17)16(22)12-3-2-4-13(9-12)24-11-15(20)21/h2-4,9H,5-8,10-11H2,1H3,(H,20,21). The van der Waals surface area contributed by atoms with Gasteiger partial charge in [-0.05, 0) is 18.2 Å². The van der Waals surface area contributed by atoms with Gasteiger partial charge >= 0.3 is 5.97 Å². The molecule has 2 amide bonds. The number of carboxylic acids is 1. The van der Waals surface area contributed by atoms with Gasteiger partial charge in [0.25, 0.3) is 5.91 Å². The number of rotatable bonds is 6. The third-order valence-corrected chi connectivity index (χ3v) is 3.63. The van der Waals surface area contributed by atoms with Crippen molar-refractivity contribution in [3.05, 3.63) is 29.8 Å². The Bertz CT molecular complexity index is 610. The summed E-state index contributed by atoms with van der Waals surface area (Å²) in [7, 11) is 1.47. The molecular formula is C16H20N2O6. The first-order valence-corrected chi connectivity index (χ1v) is 7.52. The van der Waals surface area contributed by atoms with Crippen LogP contribution in [-0.4, -0.2) is 79.2 Å². The quantitative estimate of drug-likeness (QED) is 0.790. The van der Waals surface area contributed by atoms with Gasteiger partial charge in [-0.3, -0.25) is 9.59 Å². The predicted molar refractivity (Wildman–Crippen MR) is 83.9 cm³/mol. The molecule has 1 aromatic carbocycles. The van der Waals surface area contributed by atoms with Crippen LogP contribution in [0.4, 0.5) is 0 Å². The Balaban J connectivity index is 1.94. The third kappa shape index (κ3) is 4.69. The summed E-state index contributed by atoms with van der Waals surface area (Å²) in [6, 6.07) is 6.41. The number of piperazine rings is 1. The minimum absolute atomic E-state index is 0.0386. The van der Waals surface area contributed by atoms with Crippen LogP contribution in [0.5, 0.6) is 5.75 Å². The summed E-state index contributed by atoms with van der Waals surface area (Å²) >= 11 is 0. The van der Waals surface area contributed by atoms with Crippen LogP contribution in [0.1, 0.15) is 10.4 Å². The minimum atomic E-state index is -1.08. The van der Waals surface area contributed by atoms with E-state index in [1.807, 2.05) is 0 Å². The van der Waals surface area contributed by atoms with Crippen molar-refractivity contribution >= 4 is 17.8 Å². The highest BCUT2D eigenvalue weighted by Gasteiger charge is 2.24. The number of amides is 2. The maximum atomic E-state index is 12.5. The maximum Gasteiger partial charge on any atom is 0.341 e. The molecule has 2 rings (SSSR count). The molecule has 1 saturated heterocycles. The van der Waals surface area contributed by atoms with Crippen LogP contribution in [0, 0.1) is 0 Å². The Labute approximate surface area is 139 Å². The highest BCUT2D eigenvalue weighted by Crippen LogP contribution is 2.16. The summed E-state index contributed by atoms with van der Waals surface area (Å²) in [5.41, 5.74) is 0.426. The van der Waals surface area contributed by atoms with Crippen molar-refractivity contribution in [1.82, 2.24) is 9.80 Å². The van der Waals surface area contributed by atoms with Gasteiger partial charge in [0, 0.05) is 38.9 Å². The maximum absolute atomic E-state index is 12.5. The fourth-order valence-corrected chi connectivity index (χ4v) is 2.42. The molecule has 1 heterocycles. The molecule has 1 N–H and O–H groups in total. The van der Waals surface area contributed by atoms with E-state index < -0.39 is 12.6 Å². The number of aliphatic carboxylic acids is 1. The van der Waals surface area contributed by atoms with Crippen LogP contribution in [0.2, 0.25) is 0 Å². The summed E-state index contributed by atoms with van der Waals surface area (Å²) in [5.74, 6) is -1.01. The number of benzene rings is 1. The normalized spacial score (nSPS) is 14.4. The van der Waals surface area contributed by atoms with E-state index >= 15 is 0 Å². The zero-order valence-corrected chi connectivity index (χ0v) is 13.4. The third-order valence-electron chi connectivity index (χ3n) is 3.63. The Morgan fingerprint density at radius 3 is 2.38 bits per heavy atom. The van der Waals surface area contributed by atoms with Gasteiger partial charge in [-0.2, -0.15) is 0 Å². The largest absolute Gasteiger partial charge is 0.482 e. The molecule has 1 aromatic rings. The lowest BCUT2D eigenvalue weighted by molar-refractivity contribution is -0.139. The van der Waals surface area contributed by atoms with E-state index in [1.54, 1.807) is 28.0 Å². The van der Waals surface area contributed by atoms with E-state index in [0.717, 1.165) is 0 Å². The lowest BCUT2D eigenvalue weighted by atomic mass is 10.1. The first-order chi connectivity index (χ1) is 11.5. The summed E-state index contributed by atoms with van der Waals surface area (Å²) in [5, 5.41) is 8.62. The van der Waals surface area contributed by atoms with Crippen molar-refractivity contribution < 1.29 is 29.0 Å². The molecule has 0 unspecified atom stereocenters. The van der Waals surface area contributed by atoms with Crippen LogP contribution in [0.25, 0.3) is 0 Å². The lowest BCUT2D eigenvalue weighted by Gasteiger charge is -2.34. The first kappa shape index (κ1) is 17.7. The van der Waals surface area contributed by atoms with E-state index in [2.05, 4.69) is 0 Å². The molecule has 24 heavy (non-hydrogen) atoms. The number of hydrogen-bond acceptors (Lipinski definition) is 5. The van der Waals surface area contributed by atoms with Gasteiger partial charge in [-0.25, -0.2) is 4.79 Å². The number of methoxy groups -OCH3 is 1. The Kier molecular flexibility index (Phi) is 6.14. The zero-order valence-electron chi connectivity index (χ0n) is 13.4. The van der Waals surface area contributed by atoms with E-state index in [4.69, 9.17) is 14.6 Å². The summed E-state index contributed by atoms with van der Waals surface area (Å²) in [6.45, 7) is 1.38. The number of carbonyl (C=O) groups excluding carboxylic acids is 2. The fraction of sp³-hybridized carbons (Fsp3) is 0.438. The Morgan fingerprint density at radius 1 is 1.08 bits per heavy atom. The number of carboxylic acid groups (broad SMARTS) is 1. The molecule has 0 aromatic heterocycles. The molecule has 0 radical (unpaired) electrons. The van der Waals surface area contributed by atoms with Crippen LogP contribution in [0.3, 0.4) is 0 Å². The highest BCUT2D eigenvalue weighted by molar-refractivity contribution is 5.94. The highest BCUT2D eigenvalue weighted by atomic mass is 16.5. The van der Waals surface area contributed by atoms with Crippen molar-refractivity contribution in [3.63, 3.8) is 0 Å². The van der Waals surface area contributed by atoms with Crippen molar-refractivity contribution in [2.24, 2.45) is 0 Å². The van der Waals surface area contributed by atoms with Crippen LogP contribution < -0.4 is 4.74 Å². The molecular weight excluding hydrogens is 316 g/mol. The number of carbonyl (C=O) groups is 3.